The maximum Gasteiger partial charge on any atom is 0.268 e. The van der Waals surface area contributed by atoms with E-state index in [0.717, 1.165) is 41.3 Å². The third-order valence-electron chi connectivity index (χ3n) is 6.90. The van der Waals surface area contributed by atoms with Crippen LogP contribution in [-0.2, 0) is 19.6 Å². The van der Waals surface area contributed by atoms with E-state index in [1.54, 1.807) is 12.4 Å². The van der Waals surface area contributed by atoms with Gasteiger partial charge in [-0.25, -0.2) is 0 Å². The summed E-state index contributed by atoms with van der Waals surface area (Å²) >= 11 is 0. The van der Waals surface area contributed by atoms with Crippen molar-refractivity contribution in [2.45, 2.75) is 33.5 Å². The third-order valence-corrected chi connectivity index (χ3v) is 6.90. The summed E-state index contributed by atoms with van der Waals surface area (Å²) < 4.78 is 2.01. The number of anilines is 2. The van der Waals surface area contributed by atoms with Crippen molar-refractivity contribution < 1.29 is 9.59 Å². The highest BCUT2D eigenvalue weighted by molar-refractivity contribution is 6.06. The molecule has 1 aliphatic heterocycles. The average Bonchev–Trinajstić information content (AvgIpc) is 3.26. The molecule has 0 saturated carbocycles. The molecular formula is C30H31N5O2. The summed E-state index contributed by atoms with van der Waals surface area (Å²) in [5, 5.41) is 3.00. The van der Waals surface area contributed by atoms with Gasteiger partial charge in [0.1, 0.15) is 5.69 Å². The van der Waals surface area contributed by atoms with Gasteiger partial charge >= 0.3 is 0 Å². The molecule has 0 atom stereocenters. The van der Waals surface area contributed by atoms with Gasteiger partial charge < -0.3 is 19.7 Å². The average molecular weight is 494 g/mol. The van der Waals surface area contributed by atoms with Crippen molar-refractivity contribution in [3.63, 3.8) is 0 Å². The molecule has 1 aliphatic rings. The van der Waals surface area contributed by atoms with Crippen LogP contribution in [0.2, 0.25) is 0 Å². The molecule has 7 heteroatoms. The molecule has 188 valence electrons. The molecule has 3 heterocycles. The number of amides is 2. The molecule has 0 radical (unpaired) electrons. The maximum absolute atomic E-state index is 13.8. The van der Waals surface area contributed by atoms with Gasteiger partial charge in [0, 0.05) is 54.7 Å². The standard InChI is InChI=1S/C30H31N5O2/c1-3-33(4-2)25-13-11-23(12-14-25)30(37)35-21-26-15-16-28(29(36)32-19-22-8-7-17-31-18-22)34(26)20-24-9-5-6-10-27(24)35/h5-18H,3-4,19-21H2,1-2H3,(H,32,36). The molecule has 0 unspecified atom stereocenters. The first-order chi connectivity index (χ1) is 18.1. The van der Waals surface area contributed by atoms with E-state index in [0.29, 0.717) is 30.9 Å². The van der Waals surface area contributed by atoms with E-state index in [1.165, 1.54) is 0 Å². The Bertz CT molecular complexity index is 1390. The van der Waals surface area contributed by atoms with Crippen LogP contribution in [0.3, 0.4) is 0 Å². The number of carbonyl (C=O) groups is 2. The Morgan fingerprint density at radius 2 is 1.70 bits per heavy atom. The molecule has 7 nitrogen and oxygen atoms in total. The minimum absolute atomic E-state index is 0.0595. The molecular weight excluding hydrogens is 462 g/mol. The molecule has 0 saturated heterocycles. The first-order valence-electron chi connectivity index (χ1n) is 12.7. The topological polar surface area (TPSA) is 70.5 Å². The van der Waals surface area contributed by atoms with E-state index >= 15 is 0 Å². The van der Waals surface area contributed by atoms with Gasteiger partial charge in [-0.15, -0.1) is 0 Å². The first kappa shape index (κ1) is 24.3. The molecule has 0 fully saturated rings. The Hall–Kier alpha value is -4.39. The second-order valence-corrected chi connectivity index (χ2v) is 9.08. The van der Waals surface area contributed by atoms with E-state index in [1.807, 2.05) is 82.3 Å². The van der Waals surface area contributed by atoms with E-state index in [4.69, 9.17) is 0 Å². The highest BCUT2D eigenvalue weighted by Gasteiger charge is 2.27. The normalized spacial score (nSPS) is 12.3. The van der Waals surface area contributed by atoms with Crippen molar-refractivity contribution in [3.8, 4) is 0 Å². The number of fused-ring (bicyclic) bond motifs is 2. The minimum atomic E-state index is -0.153. The number of carbonyl (C=O) groups excluding carboxylic acids is 2. The monoisotopic (exact) mass is 493 g/mol. The van der Waals surface area contributed by atoms with Gasteiger partial charge in [0.25, 0.3) is 11.8 Å². The van der Waals surface area contributed by atoms with Crippen LogP contribution in [0.1, 0.15) is 51.5 Å². The summed E-state index contributed by atoms with van der Waals surface area (Å²) in [6.45, 7) is 7.37. The highest BCUT2D eigenvalue weighted by atomic mass is 16.2. The Balaban J connectivity index is 1.42. The summed E-state index contributed by atoms with van der Waals surface area (Å²) in [5.74, 6) is -0.213. The molecule has 0 bridgehead atoms. The molecule has 2 aromatic carbocycles. The van der Waals surface area contributed by atoms with E-state index < -0.39 is 0 Å². The molecule has 5 rings (SSSR count). The van der Waals surface area contributed by atoms with Gasteiger partial charge in [0.15, 0.2) is 0 Å². The zero-order valence-electron chi connectivity index (χ0n) is 21.2. The predicted molar refractivity (Wildman–Crippen MR) is 146 cm³/mol. The number of aromatic nitrogens is 2. The molecule has 2 amide bonds. The quantitative estimate of drug-likeness (QED) is 0.399. The zero-order chi connectivity index (χ0) is 25.8. The fourth-order valence-corrected chi connectivity index (χ4v) is 4.87. The van der Waals surface area contributed by atoms with E-state index in [2.05, 4.69) is 29.0 Å². The summed E-state index contributed by atoms with van der Waals surface area (Å²) in [6, 6.07) is 23.3. The van der Waals surface area contributed by atoms with Crippen LogP contribution < -0.4 is 15.1 Å². The lowest BCUT2D eigenvalue weighted by molar-refractivity contribution is 0.0941. The molecule has 4 aromatic rings. The summed E-state index contributed by atoms with van der Waals surface area (Å²) in [7, 11) is 0. The van der Waals surface area contributed by atoms with E-state index in [9.17, 15) is 9.59 Å². The van der Waals surface area contributed by atoms with Crippen molar-refractivity contribution in [3.05, 3.63) is 113 Å². The second kappa shape index (κ2) is 10.7. The summed E-state index contributed by atoms with van der Waals surface area (Å²) in [4.78, 5) is 35.1. The summed E-state index contributed by atoms with van der Waals surface area (Å²) in [6.07, 6.45) is 3.45. The molecule has 0 spiro atoms. The van der Waals surface area contributed by atoms with Crippen LogP contribution in [0.4, 0.5) is 11.4 Å². The Morgan fingerprint density at radius 3 is 2.43 bits per heavy atom. The number of nitrogens with one attached hydrogen (secondary N) is 1. The molecule has 1 N–H and O–H groups in total. The van der Waals surface area contributed by atoms with Crippen molar-refractivity contribution in [2.24, 2.45) is 0 Å². The van der Waals surface area contributed by atoms with Crippen molar-refractivity contribution in [1.29, 1.82) is 0 Å². The second-order valence-electron chi connectivity index (χ2n) is 9.08. The van der Waals surface area contributed by atoms with Crippen LogP contribution in [0, 0.1) is 0 Å². The van der Waals surface area contributed by atoms with Gasteiger partial charge in [-0.1, -0.05) is 24.3 Å². The van der Waals surface area contributed by atoms with Crippen LogP contribution in [-0.4, -0.2) is 34.5 Å². The van der Waals surface area contributed by atoms with Crippen LogP contribution >= 0.6 is 0 Å². The highest BCUT2D eigenvalue weighted by Crippen LogP contribution is 2.30. The number of nitrogens with zero attached hydrogens (tertiary/aromatic N) is 4. The SMILES string of the molecule is CCN(CC)c1ccc(C(=O)N2Cc3ccc(C(=O)NCc4cccnc4)n3Cc3ccccc32)cc1. The lowest BCUT2D eigenvalue weighted by atomic mass is 10.1. The Labute approximate surface area is 217 Å². The van der Waals surface area contributed by atoms with Crippen LogP contribution in [0.5, 0.6) is 0 Å². The largest absolute Gasteiger partial charge is 0.372 e. The maximum atomic E-state index is 13.8. The van der Waals surface area contributed by atoms with E-state index in [-0.39, 0.29) is 11.8 Å². The van der Waals surface area contributed by atoms with Gasteiger partial charge in [0.05, 0.1) is 13.1 Å². The minimum Gasteiger partial charge on any atom is -0.372 e. The van der Waals surface area contributed by atoms with Gasteiger partial charge in [-0.3, -0.25) is 14.6 Å². The lowest BCUT2D eigenvalue weighted by Crippen LogP contribution is -2.31. The number of hydrogen-bond acceptors (Lipinski definition) is 4. The predicted octanol–water partition coefficient (Wildman–Crippen LogP) is 4.87. The van der Waals surface area contributed by atoms with Crippen molar-refractivity contribution in [2.75, 3.05) is 22.9 Å². The Morgan fingerprint density at radius 1 is 0.919 bits per heavy atom. The van der Waals surface area contributed by atoms with Crippen molar-refractivity contribution in [1.82, 2.24) is 14.9 Å². The van der Waals surface area contributed by atoms with Crippen LogP contribution in [0.25, 0.3) is 0 Å². The number of benzene rings is 2. The fourth-order valence-electron chi connectivity index (χ4n) is 4.87. The molecule has 37 heavy (non-hydrogen) atoms. The smallest absolute Gasteiger partial charge is 0.268 e. The van der Waals surface area contributed by atoms with Gasteiger partial charge in [-0.2, -0.15) is 0 Å². The van der Waals surface area contributed by atoms with Crippen molar-refractivity contribution >= 4 is 23.2 Å². The third kappa shape index (κ3) is 4.98. The first-order valence-corrected chi connectivity index (χ1v) is 12.7. The molecule has 0 aliphatic carbocycles. The number of pyridine rings is 1. The summed E-state index contributed by atoms with van der Waals surface area (Å²) in [5.41, 5.74) is 6.03. The Kier molecular flexibility index (Phi) is 7.03. The number of rotatable bonds is 7. The molecule has 2 aromatic heterocycles. The zero-order valence-corrected chi connectivity index (χ0v) is 21.2. The number of hydrogen-bond donors (Lipinski definition) is 1. The fraction of sp³-hybridized carbons (Fsp3) is 0.233. The lowest BCUT2D eigenvalue weighted by Gasteiger charge is -2.24. The number of para-hydroxylation sites is 1. The van der Waals surface area contributed by atoms with Gasteiger partial charge in [0.2, 0.25) is 0 Å². The van der Waals surface area contributed by atoms with Gasteiger partial charge in [-0.05, 0) is 73.5 Å². The van der Waals surface area contributed by atoms with Crippen LogP contribution in [0.15, 0.2) is 85.2 Å².